The van der Waals surface area contributed by atoms with E-state index in [0.29, 0.717) is 40.4 Å². The van der Waals surface area contributed by atoms with E-state index in [2.05, 4.69) is 10.0 Å². The number of carbonyl (C=O) groups excluding carboxylic acids is 1. The van der Waals surface area contributed by atoms with Crippen molar-refractivity contribution in [2.45, 2.75) is 17.9 Å². The quantitative estimate of drug-likeness (QED) is 0.226. The molecule has 6 rings (SSSR count). The number of carbonyl (C=O) groups is 1. The van der Waals surface area contributed by atoms with Gasteiger partial charge in [-0.3, -0.25) is 9.52 Å². The van der Waals surface area contributed by atoms with Gasteiger partial charge in [-0.25, -0.2) is 18.4 Å². The third-order valence-corrected chi connectivity index (χ3v) is 8.18. The fraction of sp³-hybridized carbons (Fsp3) is 0.100. The number of hydrogen-bond acceptors (Lipinski definition) is 6. The first-order chi connectivity index (χ1) is 19.9. The first-order valence-electron chi connectivity index (χ1n) is 12.8. The molecule has 1 amide bonds. The number of amides is 1. The number of benzene rings is 3. The van der Waals surface area contributed by atoms with Crippen molar-refractivity contribution in [3.63, 3.8) is 0 Å². The van der Waals surface area contributed by atoms with Crippen molar-refractivity contribution in [3.05, 3.63) is 119 Å². The monoisotopic (exact) mass is 585 g/mol. The summed E-state index contributed by atoms with van der Waals surface area (Å²) < 4.78 is 37.0. The number of aromatic nitrogens is 3. The summed E-state index contributed by atoms with van der Waals surface area (Å²) in [6, 6.07) is 26.3. The molecule has 0 atom stereocenters. The van der Waals surface area contributed by atoms with Gasteiger partial charge in [-0.05, 0) is 60.5 Å². The standard InChI is InChI=1S/C30H24ClN5O4S/c31-21-12-14-23(15-13-21)41(38,39)35-28-26(30(37)32-17-16-20-7-2-1-3-8-20)27-29(36(28)19-22-9-6-18-40-22)34-25-11-5-4-10-24(25)33-27/h1-15,18,35H,16-17,19H2,(H,32,37). The molecule has 11 heteroatoms. The van der Waals surface area contributed by atoms with Crippen LogP contribution in [0.25, 0.3) is 22.2 Å². The molecule has 0 radical (unpaired) electrons. The summed E-state index contributed by atoms with van der Waals surface area (Å²) in [5.74, 6) is 0.0845. The van der Waals surface area contributed by atoms with Crippen molar-refractivity contribution in [3.8, 4) is 0 Å². The number of nitrogens with one attached hydrogen (secondary N) is 2. The highest BCUT2D eigenvalue weighted by Crippen LogP contribution is 2.32. The highest BCUT2D eigenvalue weighted by atomic mass is 35.5. The van der Waals surface area contributed by atoms with Gasteiger partial charge in [-0.15, -0.1) is 0 Å². The van der Waals surface area contributed by atoms with Crippen LogP contribution in [0.5, 0.6) is 0 Å². The molecule has 0 saturated heterocycles. The zero-order chi connectivity index (χ0) is 28.4. The number of anilines is 1. The number of halogens is 1. The summed E-state index contributed by atoms with van der Waals surface area (Å²) in [5, 5.41) is 3.34. The number of furan rings is 1. The number of sulfonamides is 1. The Labute approximate surface area is 240 Å². The predicted octanol–water partition coefficient (Wildman–Crippen LogP) is 5.65. The van der Waals surface area contributed by atoms with E-state index in [4.69, 9.17) is 26.0 Å². The summed E-state index contributed by atoms with van der Waals surface area (Å²) in [6.07, 6.45) is 2.12. The number of rotatable bonds is 9. The molecule has 41 heavy (non-hydrogen) atoms. The lowest BCUT2D eigenvalue weighted by molar-refractivity contribution is 0.0956. The average molecular weight is 586 g/mol. The average Bonchev–Trinajstić information content (AvgIpc) is 3.59. The van der Waals surface area contributed by atoms with E-state index < -0.39 is 15.9 Å². The normalized spacial score (nSPS) is 11.6. The third-order valence-electron chi connectivity index (χ3n) is 6.57. The lowest BCUT2D eigenvalue weighted by Gasteiger charge is -2.14. The largest absolute Gasteiger partial charge is 0.467 e. The van der Waals surface area contributed by atoms with E-state index in [1.54, 1.807) is 22.8 Å². The van der Waals surface area contributed by atoms with Crippen LogP contribution in [0.2, 0.25) is 5.02 Å². The second kappa shape index (κ2) is 11.1. The number of hydrogen-bond donors (Lipinski definition) is 2. The van der Waals surface area contributed by atoms with Gasteiger partial charge in [-0.2, -0.15) is 0 Å². The number of nitrogens with zero attached hydrogens (tertiary/aromatic N) is 3. The van der Waals surface area contributed by atoms with Crippen molar-refractivity contribution >= 4 is 55.5 Å². The molecule has 9 nitrogen and oxygen atoms in total. The fourth-order valence-corrected chi connectivity index (χ4v) is 5.79. The molecule has 0 unspecified atom stereocenters. The van der Waals surface area contributed by atoms with Gasteiger partial charge in [0.25, 0.3) is 15.9 Å². The SMILES string of the molecule is O=C(NCCc1ccccc1)c1c(NS(=O)(=O)c2ccc(Cl)cc2)n(Cc2ccco2)c2nc3ccccc3nc12. The van der Waals surface area contributed by atoms with Crippen molar-refractivity contribution in [2.75, 3.05) is 11.3 Å². The van der Waals surface area contributed by atoms with Crippen LogP contribution in [0.3, 0.4) is 0 Å². The smallest absolute Gasteiger partial charge is 0.263 e. The van der Waals surface area contributed by atoms with E-state index in [9.17, 15) is 13.2 Å². The minimum Gasteiger partial charge on any atom is -0.467 e. The van der Waals surface area contributed by atoms with Crippen LogP contribution in [0.4, 0.5) is 5.82 Å². The molecule has 3 heterocycles. The zero-order valence-corrected chi connectivity index (χ0v) is 23.2. The molecule has 0 aliphatic carbocycles. The van der Waals surface area contributed by atoms with Gasteiger partial charge in [-0.1, -0.05) is 54.1 Å². The Morgan fingerprint density at radius 2 is 1.59 bits per heavy atom. The lowest BCUT2D eigenvalue weighted by atomic mass is 10.1. The second-order valence-corrected chi connectivity index (χ2v) is 11.4. The molecule has 3 aromatic carbocycles. The Bertz CT molecular complexity index is 1960. The molecule has 0 bridgehead atoms. The van der Waals surface area contributed by atoms with Crippen molar-refractivity contribution in [1.82, 2.24) is 19.9 Å². The van der Waals surface area contributed by atoms with Gasteiger partial charge in [0.15, 0.2) is 5.65 Å². The summed E-state index contributed by atoms with van der Waals surface area (Å²) in [4.78, 5) is 23.4. The van der Waals surface area contributed by atoms with Crippen LogP contribution in [0, 0.1) is 0 Å². The van der Waals surface area contributed by atoms with Crippen LogP contribution in [-0.2, 0) is 23.0 Å². The Hall–Kier alpha value is -4.67. The Balaban J connectivity index is 1.50. The van der Waals surface area contributed by atoms with Crippen molar-refractivity contribution in [2.24, 2.45) is 0 Å². The zero-order valence-electron chi connectivity index (χ0n) is 21.6. The second-order valence-electron chi connectivity index (χ2n) is 9.32. The molecular formula is C30H24ClN5O4S. The molecule has 2 N–H and O–H groups in total. The summed E-state index contributed by atoms with van der Waals surface area (Å²) >= 11 is 5.99. The van der Waals surface area contributed by atoms with E-state index >= 15 is 0 Å². The Kier molecular flexibility index (Phi) is 7.17. The number of fused-ring (bicyclic) bond motifs is 2. The molecule has 3 aromatic heterocycles. The van der Waals surface area contributed by atoms with Gasteiger partial charge in [0.2, 0.25) is 0 Å². The maximum atomic E-state index is 13.8. The van der Waals surface area contributed by atoms with E-state index in [-0.39, 0.29) is 28.3 Å². The van der Waals surface area contributed by atoms with Crippen LogP contribution in [0.1, 0.15) is 21.7 Å². The van der Waals surface area contributed by atoms with Gasteiger partial charge < -0.3 is 14.3 Å². The van der Waals surface area contributed by atoms with Crippen LogP contribution < -0.4 is 10.0 Å². The predicted molar refractivity (Wildman–Crippen MR) is 158 cm³/mol. The third kappa shape index (κ3) is 5.52. The molecule has 0 spiro atoms. The number of para-hydroxylation sites is 2. The molecule has 6 aromatic rings. The maximum Gasteiger partial charge on any atom is 0.263 e. The summed E-state index contributed by atoms with van der Waals surface area (Å²) in [5.41, 5.74) is 2.89. The van der Waals surface area contributed by atoms with Crippen LogP contribution in [-0.4, -0.2) is 35.4 Å². The molecule has 0 saturated carbocycles. The summed E-state index contributed by atoms with van der Waals surface area (Å²) in [7, 11) is -4.14. The van der Waals surface area contributed by atoms with Crippen LogP contribution in [0.15, 0.2) is 107 Å². The summed E-state index contributed by atoms with van der Waals surface area (Å²) in [6.45, 7) is 0.435. The van der Waals surface area contributed by atoms with E-state index in [1.165, 1.54) is 30.5 Å². The van der Waals surface area contributed by atoms with Crippen LogP contribution >= 0.6 is 11.6 Å². The highest BCUT2D eigenvalue weighted by Gasteiger charge is 2.29. The fourth-order valence-electron chi connectivity index (χ4n) is 4.59. The van der Waals surface area contributed by atoms with Gasteiger partial charge >= 0.3 is 0 Å². The first-order valence-corrected chi connectivity index (χ1v) is 14.7. The topological polar surface area (TPSA) is 119 Å². The Morgan fingerprint density at radius 1 is 0.878 bits per heavy atom. The lowest BCUT2D eigenvalue weighted by Crippen LogP contribution is -2.27. The molecule has 0 aliphatic heterocycles. The van der Waals surface area contributed by atoms with E-state index in [0.717, 1.165) is 5.56 Å². The minimum atomic E-state index is -4.14. The molecule has 0 aliphatic rings. The molecule has 0 fully saturated rings. The van der Waals surface area contributed by atoms with Gasteiger partial charge in [0.05, 0.1) is 28.7 Å². The molecular weight excluding hydrogens is 562 g/mol. The van der Waals surface area contributed by atoms with E-state index in [1.807, 2.05) is 48.5 Å². The van der Waals surface area contributed by atoms with Gasteiger partial charge in [0.1, 0.15) is 22.7 Å². The minimum absolute atomic E-state index is 0.0155. The maximum absolute atomic E-state index is 13.8. The first kappa shape index (κ1) is 26.5. The van der Waals surface area contributed by atoms with Crippen molar-refractivity contribution in [1.29, 1.82) is 0 Å². The molecule has 206 valence electrons. The van der Waals surface area contributed by atoms with Gasteiger partial charge in [0, 0.05) is 11.6 Å². The highest BCUT2D eigenvalue weighted by molar-refractivity contribution is 7.92. The Morgan fingerprint density at radius 3 is 2.29 bits per heavy atom. The van der Waals surface area contributed by atoms with Crippen molar-refractivity contribution < 1.29 is 17.6 Å².